The number of nitrogens with zero attached hydrogens (tertiary/aromatic N) is 1. The number of carbonyl (C=O) groups is 1. The molecule has 1 N–H and O–H groups in total. The first-order chi connectivity index (χ1) is 12.2. The highest BCUT2D eigenvalue weighted by Crippen LogP contribution is 2.32. The van der Waals surface area contributed by atoms with Crippen molar-refractivity contribution in [2.24, 2.45) is 0 Å². The molecule has 0 radical (unpaired) electrons. The Labute approximate surface area is 161 Å². The van der Waals surface area contributed by atoms with E-state index in [0.717, 1.165) is 5.56 Å². The van der Waals surface area contributed by atoms with Crippen LogP contribution >= 0.6 is 23.2 Å². The van der Waals surface area contributed by atoms with Gasteiger partial charge in [-0.2, -0.15) is 0 Å². The molecule has 138 valence electrons. The van der Waals surface area contributed by atoms with Crippen LogP contribution in [0.4, 0.5) is 11.4 Å². The maximum atomic E-state index is 12.1. The average molecular weight is 415 g/mol. The van der Waals surface area contributed by atoms with E-state index in [-0.39, 0.29) is 12.5 Å². The van der Waals surface area contributed by atoms with Gasteiger partial charge in [0.05, 0.1) is 17.0 Å². The van der Waals surface area contributed by atoms with E-state index in [2.05, 4.69) is 5.32 Å². The molecule has 0 aliphatic carbocycles. The molecule has 26 heavy (non-hydrogen) atoms. The first-order valence-corrected chi connectivity index (χ1v) is 10.3. The Hall–Kier alpha value is -1.96. The van der Waals surface area contributed by atoms with Crippen molar-refractivity contribution in [3.8, 4) is 5.75 Å². The van der Waals surface area contributed by atoms with Crippen LogP contribution in [0, 0.1) is 0 Å². The van der Waals surface area contributed by atoms with Gasteiger partial charge in [-0.15, -0.1) is 0 Å². The van der Waals surface area contributed by atoms with Crippen molar-refractivity contribution in [3.63, 3.8) is 0 Å². The standard InChI is InChI=1S/C17H16Cl2N2O4S/c1-26(23,24)21-7-6-11-8-13(3-4-15(11)21)20-17(22)10-25-16-5-2-12(18)9-14(16)19/h2-5,8-9H,6-7,10H2,1H3,(H,20,22). The molecule has 1 amide bonds. The Bertz CT molecular complexity index is 963. The molecule has 0 aromatic heterocycles. The zero-order valence-corrected chi connectivity index (χ0v) is 16.2. The normalized spacial score (nSPS) is 13.4. The van der Waals surface area contributed by atoms with Gasteiger partial charge in [0.15, 0.2) is 6.61 Å². The third kappa shape index (κ3) is 4.23. The van der Waals surface area contributed by atoms with E-state index in [1.54, 1.807) is 30.3 Å². The largest absolute Gasteiger partial charge is 0.482 e. The van der Waals surface area contributed by atoms with Crippen LogP contribution in [0.15, 0.2) is 36.4 Å². The van der Waals surface area contributed by atoms with Gasteiger partial charge >= 0.3 is 0 Å². The highest BCUT2D eigenvalue weighted by Gasteiger charge is 2.26. The predicted octanol–water partition coefficient (Wildman–Crippen LogP) is 3.33. The Morgan fingerprint density at radius 3 is 2.69 bits per heavy atom. The van der Waals surface area contributed by atoms with Gasteiger partial charge in [0.1, 0.15) is 5.75 Å². The van der Waals surface area contributed by atoms with E-state index in [1.165, 1.54) is 16.6 Å². The summed E-state index contributed by atoms with van der Waals surface area (Å²) in [4.78, 5) is 12.1. The van der Waals surface area contributed by atoms with Gasteiger partial charge in [-0.05, 0) is 48.4 Å². The van der Waals surface area contributed by atoms with Crippen LogP contribution in [-0.2, 0) is 21.2 Å². The summed E-state index contributed by atoms with van der Waals surface area (Å²) in [6.45, 7) is 0.192. The number of sulfonamides is 1. The third-order valence-corrected chi connectivity index (χ3v) is 5.58. The Balaban J connectivity index is 1.64. The van der Waals surface area contributed by atoms with E-state index in [0.29, 0.717) is 40.1 Å². The zero-order chi connectivity index (χ0) is 18.9. The van der Waals surface area contributed by atoms with Crippen molar-refractivity contribution in [2.45, 2.75) is 6.42 Å². The van der Waals surface area contributed by atoms with Crippen LogP contribution in [0.25, 0.3) is 0 Å². The first-order valence-electron chi connectivity index (χ1n) is 7.72. The molecule has 0 atom stereocenters. The molecule has 2 aromatic rings. The third-order valence-electron chi connectivity index (χ3n) is 3.87. The fraction of sp³-hybridized carbons (Fsp3) is 0.235. The molecule has 9 heteroatoms. The maximum Gasteiger partial charge on any atom is 0.262 e. The van der Waals surface area contributed by atoms with Crippen LogP contribution in [0.1, 0.15) is 5.56 Å². The summed E-state index contributed by atoms with van der Waals surface area (Å²) in [6.07, 6.45) is 1.78. The molecule has 2 aromatic carbocycles. The summed E-state index contributed by atoms with van der Waals surface area (Å²) in [5.74, 6) is 0.0119. The number of ether oxygens (including phenoxy) is 1. The highest BCUT2D eigenvalue weighted by molar-refractivity contribution is 7.92. The molecular formula is C17H16Cl2N2O4S. The second kappa shape index (κ2) is 7.34. The van der Waals surface area contributed by atoms with Crippen LogP contribution in [-0.4, -0.2) is 33.7 Å². The van der Waals surface area contributed by atoms with Crippen LogP contribution in [0.5, 0.6) is 5.75 Å². The Morgan fingerprint density at radius 1 is 1.23 bits per heavy atom. The second-order valence-electron chi connectivity index (χ2n) is 5.84. The van der Waals surface area contributed by atoms with Crippen molar-refractivity contribution in [1.82, 2.24) is 0 Å². The Morgan fingerprint density at radius 2 is 2.00 bits per heavy atom. The molecule has 0 fully saturated rings. The smallest absolute Gasteiger partial charge is 0.262 e. The number of amides is 1. The van der Waals surface area contributed by atoms with Gasteiger partial charge in [-0.25, -0.2) is 8.42 Å². The number of carbonyl (C=O) groups excluding carboxylic acids is 1. The topological polar surface area (TPSA) is 75.7 Å². The van der Waals surface area contributed by atoms with Gasteiger partial charge in [-0.3, -0.25) is 9.10 Å². The van der Waals surface area contributed by atoms with E-state index < -0.39 is 10.0 Å². The van der Waals surface area contributed by atoms with Crippen LogP contribution in [0.2, 0.25) is 10.0 Å². The number of anilines is 2. The van der Waals surface area contributed by atoms with Crippen molar-refractivity contribution in [1.29, 1.82) is 0 Å². The molecule has 1 aliphatic rings. The van der Waals surface area contributed by atoms with Gasteiger partial charge in [0, 0.05) is 17.3 Å². The predicted molar refractivity (Wildman–Crippen MR) is 103 cm³/mol. The number of hydrogen-bond acceptors (Lipinski definition) is 4. The second-order valence-corrected chi connectivity index (χ2v) is 8.59. The fourth-order valence-corrected chi connectivity index (χ4v) is 4.15. The molecule has 1 heterocycles. The Kier molecular flexibility index (Phi) is 5.32. The van der Waals surface area contributed by atoms with E-state index >= 15 is 0 Å². The van der Waals surface area contributed by atoms with Crippen molar-refractivity contribution in [3.05, 3.63) is 52.0 Å². The minimum atomic E-state index is -3.29. The lowest BCUT2D eigenvalue weighted by atomic mass is 10.1. The molecule has 0 saturated carbocycles. The average Bonchev–Trinajstić information content (AvgIpc) is 2.97. The van der Waals surface area contributed by atoms with E-state index in [1.807, 2.05) is 0 Å². The highest BCUT2D eigenvalue weighted by atomic mass is 35.5. The number of nitrogens with one attached hydrogen (secondary N) is 1. The number of rotatable bonds is 5. The fourth-order valence-electron chi connectivity index (χ4n) is 2.73. The van der Waals surface area contributed by atoms with E-state index in [9.17, 15) is 13.2 Å². The van der Waals surface area contributed by atoms with Gasteiger partial charge < -0.3 is 10.1 Å². The summed E-state index contributed by atoms with van der Waals surface area (Å²) in [6, 6.07) is 9.87. The summed E-state index contributed by atoms with van der Waals surface area (Å²) in [5.41, 5.74) is 2.10. The lowest BCUT2D eigenvalue weighted by molar-refractivity contribution is -0.118. The maximum absolute atomic E-state index is 12.1. The summed E-state index contributed by atoms with van der Waals surface area (Å²) in [7, 11) is -3.29. The molecule has 0 bridgehead atoms. The number of halogens is 2. The molecule has 3 rings (SSSR count). The summed E-state index contributed by atoms with van der Waals surface area (Å²) >= 11 is 11.8. The lowest BCUT2D eigenvalue weighted by Crippen LogP contribution is -2.27. The molecule has 1 aliphatic heterocycles. The summed E-state index contributed by atoms with van der Waals surface area (Å²) < 4.78 is 30.2. The van der Waals surface area contributed by atoms with Gasteiger partial charge in [0.25, 0.3) is 5.91 Å². The molecule has 0 unspecified atom stereocenters. The van der Waals surface area contributed by atoms with Gasteiger partial charge in [-0.1, -0.05) is 23.2 Å². The lowest BCUT2D eigenvalue weighted by Gasteiger charge is -2.16. The monoisotopic (exact) mass is 414 g/mol. The number of benzene rings is 2. The van der Waals surface area contributed by atoms with E-state index in [4.69, 9.17) is 27.9 Å². The van der Waals surface area contributed by atoms with Crippen LogP contribution < -0.4 is 14.4 Å². The van der Waals surface area contributed by atoms with Crippen molar-refractivity contribution in [2.75, 3.05) is 29.0 Å². The zero-order valence-electron chi connectivity index (χ0n) is 13.8. The summed E-state index contributed by atoms with van der Waals surface area (Å²) in [5, 5.41) is 3.53. The van der Waals surface area contributed by atoms with Crippen molar-refractivity contribution >= 4 is 50.5 Å². The minimum Gasteiger partial charge on any atom is -0.482 e. The SMILES string of the molecule is CS(=O)(=O)N1CCc2cc(NC(=O)COc3ccc(Cl)cc3Cl)ccc21. The number of hydrogen-bond donors (Lipinski definition) is 1. The first kappa shape index (κ1) is 18.8. The molecule has 0 spiro atoms. The molecule has 0 saturated heterocycles. The quantitative estimate of drug-likeness (QED) is 0.813. The molecular weight excluding hydrogens is 399 g/mol. The number of fused-ring (bicyclic) bond motifs is 1. The van der Waals surface area contributed by atoms with Crippen molar-refractivity contribution < 1.29 is 17.9 Å². The minimum absolute atomic E-state index is 0.214. The van der Waals surface area contributed by atoms with Gasteiger partial charge in [0.2, 0.25) is 10.0 Å². The van der Waals surface area contributed by atoms with Crippen LogP contribution in [0.3, 0.4) is 0 Å². The molecule has 6 nitrogen and oxygen atoms in total.